The first-order valence-corrected chi connectivity index (χ1v) is 9.95. The quantitative estimate of drug-likeness (QED) is 0.332. The van der Waals surface area contributed by atoms with Crippen LogP contribution in [-0.2, 0) is 6.61 Å². The molecule has 0 unspecified atom stereocenters. The second kappa shape index (κ2) is 8.17. The summed E-state index contributed by atoms with van der Waals surface area (Å²) in [7, 11) is 0. The molecule has 0 fully saturated rings. The van der Waals surface area contributed by atoms with E-state index in [1.807, 2.05) is 54.6 Å². The zero-order valence-corrected chi connectivity index (χ0v) is 16.7. The normalized spacial score (nSPS) is 10.7. The second-order valence-corrected chi connectivity index (χ2v) is 7.21. The number of nitriles is 1. The van der Waals surface area contributed by atoms with Crippen LogP contribution in [0.4, 0.5) is 0 Å². The maximum atomic E-state index is 9.38. The van der Waals surface area contributed by atoms with Crippen molar-refractivity contribution in [2.45, 2.75) is 6.61 Å². The number of hydrogen-bond acceptors (Lipinski definition) is 4. The van der Waals surface area contributed by atoms with Crippen LogP contribution in [-0.4, -0.2) is 4.98 Å². The number of benzene rings is 3. The minimum absolute atomic E-state index is 0.373. The predicted octanol–water partition coefficient (Wildman–Crippen LogP) is 6.61. The highest BCUT2D eigenvalue weighted by molar-refractivity contribution is 5.95. The fraction of sp³-hybridized carbons (Fsp3) is 0.0370. The fourth-order valence-corrected chi connectivity index (χ4v) is 3.62. The van der Waals surface area contributed by atoms with Gasteiger partial charge in [-0.2, -0.15) is 5.26 Å². The first kappa shape index (κ1) is 18.7. The number of furan rings is 1. The molecule has 0 radical (unpaired) electrons. The predicted molar refractivity (Wildman–Crippen MR) is 120 cm³/mol. The van der Waals surface area contributed by atoms with Gasteiger partial charge in [0.15, 0.2) is 0 Å². The lowest BCUT2D eigenvalue weighted by Crippen LogP contribution is -1.97. The van der Waals surface area contributed by atoms with E-state index in [4.69, 9.17) is 9.15 Å². The highest BCUT2D eigenvalue weighted by atomic mass is 16.5. The van der Waals surface area contributed by atoms with Gasteiger partial charge in [-0.15, -0.1) is 0 Å². The Morgan fingerprint density at radius 3 is 2.39 bits per heavy atom. The van der Waals surface area contributed by atoms with Gasteiger partial charge in [-0.25, -0.2) is 4.98 Å². The Morgan fingerprint density at radius 2 is 1.65 bits per heavy atom. The lowest BCUT2D eigenvalue weighted by Gasteiger charge is -2.10. The van der Waals surface area contributed by atoms with Crippen LogP contribution < -0.4 is 4.74 Å². The van der Waals surface area contributed by atoms with Crippen molar-refractivity contribution in [2.24, 2.45) is 0 Å². The number of pyridine rings is 1. The molecule has 5 aromatic rings. The Morgan fingerprint density at radius 1 is 0.839 bits per heavy atom. The van der Waals surface area contributed by atoms with Gasteiger partial charge in [0.25, 0.3) is 0 Å². The fourth-order valence-electron chi connectivity index (χ4n) is 3.62. The zero-order valence-electron chi connectivity index (χ0n) is 16.7. The van der Waals surface area contributed by atoms with E-state index in [1.54, 1.807) is 18.6 Å². The lowest BCUT2D eigenvalue weighted by atomic mass is 10.0. The van der Waals surface area contributed by atoms with Crippen molar-refractivity contribution in [1.82, 2.24) is 4.98 Å². The van der Waals surface area contributed by atoms with Crippen LogP contribution in [0.2, 0.25) is 0 Å². The van der Waals surface area contributed by atoms with Crippen molar-refractivity contribution >= 4 is 10.9 Å². The summed E-state index contributed by atoms with van der Waals surface area (Å²) in [6.45, 7) is 0.417. The van der Waals surface area contributed by atoms with E-state index in [9.17, 15) is 5.26 Å². The van der Waals surface area contributed by atoms with Gasteiger partial charge in [0.1, 0.15) is 24.1 Å². The molecule has 0 amide bonds. The molecule has 0 aliphatic heterocycles. The third kappa shape index (κ3) is 3.90. The third-order valence-corrected chi connectivity index (χ3v) is 5.19. The van der Waals surface area contributed by atoms with E-state index in [1.165, 1.54) is 5.56 Å². The zero-order chi connectivity index (χ0) is 21.0. The van der Waals surface area contributed by atoms with Gasteiger partial charge in [-0.3, -0.25) is 0 Å². The van der Waals surface area contributed by atoms with Crippen LogP contribution in [0, 0.1) is 11.3 Å². The third-order valence-electron chi connectivity index (χ3n) is 5.19. The first-order valence-electron chi connectivity index (χ1n) is 9.95. The van der Waals surface area contributed by atoms with Crippen LogP contribution in [0.3, 0.4) is 0 Å². The summed E-state index contributed by atoms with van der Waals surface area (Å²) in [6, 6.07) is 30.2. The molecule has 3 aromatic carbocycles. The number of aromatic nitrogens is 1. The lowest BCUT2D eigenvalue weighted by molar-refractivity contribution is 0.306. The first-order chi connectivity index (χ1) is 15.3. The molecule has 2 heterocycles. The highest BCUT2D eigenvalue weighted by Crippen LogP contribution is 2.30. The molecule has 2 aromatic heterocycles. The molecule has 5 rings (SSSR count). The number of rotatable bonds is 5. The molecule has 4 heteroatoms. The Labute approximate surface area is 180 Å². The molecule has 0 spiro atoms. The summed E-state index contributed by atoms with van der Waals surface area (Å²) in [6.07, 6.45) is 3.30. The Kier molecular flexibility index (Phi) is 4.92. The van der Waals surface area contributed by atoms with Crippen molar-refractivity contribution in [2.75, 3.05) is 0 Å². The van der Waals surface area contributed by atoms with E-state index >= 15 is 0 Å². The topological polar surface area (TPSA) is 59.0 Å². The van der Waals surface area contributed by atoms with Crippen molar-refractivity contribution in [3.8, 4) is 34.1 Å². The van der Waals surface area contributed by atoms with Crippen LogP contribution in [0.5, 0.6) is 5.75 Å². The van der Waals surface area contributed by atoms with Crippen LogP contribution in [0.1, 0.15) is 11.3 Å². The van der Waals surface area contributed by atoms with Gasteiger partial charge >= 0.3 is 0 Å². The summed E-state index contributed by atoms with van der Waals surface area (Å²) in [5.74, 6) is 0.803. The monoisotopic (exact) mass is 402 g/mol. The van der Waals surface area contributed by atoms with Crippen molar-refractivity contribution < 1.29 is 9.15 Å². The molecular formula is C27H18N2O2. The molecule has 0 saturated heterocycles. The van der Waals surface area contributed by atoms with Crippen LogP contribution >= 0.6 is 0 Å². The molecule has 148 valence electrons. The van der Waals surface area contributed by atoms with Crippen LogP contribution in [0.25, 0.3) is 33.2 Å². The maximum Gasteiger partial charge on any atom is 0.141 e. The average Bonchev–Trinajstić information content (AvgIpc) is 3.37. The molecule has 0 bridgehead atoms. The smallest absolute Gasteiger partial charge is 0.141 e. The largest absolute Gasteiger partial charge is 0.489 e. The van der Waals surface area contributed by atoms with E-state index in [2.05, 4.69) is 35.3 Å². The standard InChI is InChI=1S/C27H18N2O2/c28-16-23-15-26(22-12-13-30-18-22)25-11-6-19(14-27(25)29-23)17-31-24-9-7-21(8-10-24)20-4-2-1-3-5-20/h1-15,18H,17H2. The Bertz CT molecular complexity index is 1370. The molecule has 0 N–H and O–H groups in total. The molecule has 4 nitrogen and oxygen atoms in total. The molecule has 31 heavy (non-hydrogen) atoms. The summed E-state index contributed by atoms with van der Waals surface area (Å²) in [4.78, 5) is 4.48. The van der Waals surface area contributed by atoms with Gasteiger partial charge in [-0.05, 0) is 52.6 Å². The van der Waals surface area contributed by atoms with E-state index < -0.39 is 0 Å². The van der Waals surface area contributed by atoms with Crippen molar-refractivity contribution in [1.29, 1.82) is 5.26 Å². The van der Waals surface area contributed by atoms with E-state index in [-0.39, 0.29) is 0 Å². The Balaban J connectivity index is 1.38. The minimum Gasteiger partial charge on any atom is -0.489 e. The van der Waals surface area contributed by atoms with Gasteiger partial charge in [0.2, 0.25) is 0 Å². The van der Waals surface area contributed by atoms with Crippen molar-refractivity contribution in [3.63, 3.8) is 0 Å². The van der Waals surface area contributed by atoms with Crippen LogP contribution in [0.15, 0.2) is 102 Å². The summed E-state index contributed by atoms with van der Waals surface area (Å²) in [5, 5.41) is 10.4. The van der Waals surface area contributed by atoms with Gasteiger partial charge in [0.05, 0.1) is 18.0 Å². The number of fused-ring (bicyclic) bond motifs is 1. The number of hydrogen-bond donors (Lipinski definition) is 0. The summed E-state index contributed by atoms with van der Waals surface area (Å²) < 4.78 is 11.2. The average molecular weight is 402 g/mol. The number of ether oxygens (including phenoxy) is 1. The minimum atomic E-state index is 0.373. The Hall–Kier alpha value is -4.36. The molecule has 0 aliphatic carbocycles. The summed E-state index contributed by atoms with van der Waals surface area (Å²) >= 11 is 0. The highest BCUT2D eigenvalue weighted by Gasteiger charge is 2.10. The van der Waals surface area contributed by atoms with E-state index in [0.717, 1.165) is 38.9 Å². The van der Waals surface area contributed by atoms with Gasteiger partial charge in [0, 0.05) is 10.9 Å². The maximum absolute atomic E-state index is 9.38. The molecular weight excluding hydrogens is 384 g/mol. The van der Waals surface area contributed by atoms with Gasteiger partial charge < -0.3 is 9.15 Å². The van der Waals surface area contributed by atoms with E-state index in [0.29, 0.717) is 12.3 Å². The number of nitrogens with zero attached hydrogens (tertiary/aromatic N) is 2. The molecule has 0 saturated carbocycles. The second-order valence-electron chi connectivity index (χ2n) is 7.21. The van der Waals surface area contributed by atoms with Crippen molar-refractivity contribution in [3.05, 3.63) is 109 Å². The molecule has 0 atom stereocenters. The summed E-state index contributed by atoms with van der Waals surface area (Å²) in [5.41, 5.74) is 6.30. The van der Waals surface area contributed by atoms with Gasteiger partial charge in [-0.1, -0.05) is 54.6 Å². The molecule has 0 aliphatic rings. The SMILES string of the molecule is N#Cc1cc(-c2ccoc2)c2ccc(COc3ccc(-c4ccccc4)cc3)cc2n1.